The van der Waals surface area contributed by atoms with Gasteiger partial charge in [-0.15, -0.1) is 10.2 Å². The molecule has 1 saturated heterocycles. The molecule has 0 spiro atoms. The van der Waals surface area contributed by atoms with E-state index in [0.29, 0.717) is 22.3 Å². The number of halogens is 1. The number of hydrogen-bond acceptors (Lipinski definition) is 5. The quantitative estimate of drug-likeness (QED) is 0.931. The Hall–Kier alpha value is -2.34. The van der Waals surface area contributed by atoms with Gasteiger partial charge in [-0.05, 0) is 43.2 Å². The molecule has 7 heteroatoms. The van der Waals surface area contributed by atoms with Gasteiger partial charge in [0.2, 0.25) is 0 Å². The lowest BCUT2D eigenvalue weighted by atomic mass is 10.3. The van der Waals surface area contributed by atoms with Crippen molar-refractivity contribution < 1.29 is 9.53 Å². The molecule has 0 atom stereocenters. The first-order chi connectivity index (χ1) is 11.2. The van der Waals surface area contributed by atoms with Crippen molar-refractivity contribution in [2.45, 2.75) is 12.8 Å². The van der Waals surface area contributed by atoms with Gasteiger partial charge < -0.3 is 15.0 Å². The van der Waals surface area contributed by atoms with E-state index in [-0.39, 0.29) is 5.91 Å². The van der Waals surface area contributed by atoms with Crippen LogP contribution in [0, 0.1) is 0 Å². The van der Waals surface area contributed by atoms with Gasteiger partial charge in [0, 0.05) is 18.8 Å². The first-order valence-corrected chi connectivity index (χ1v) is 7.79. The van der Waals surface area contributed by atoms with E-state index in [1.807, 2.05) is 6.07 Å². The summed E-state index contributed by atoms with van der Waals surface area (Å²) in [6.45, 7) is 1.59. The number of hydrogen-bond donors (Lipinski definition) is 1. The van der Waals surface area contributed by atoms with Crippen molar-refractivity contribution in [3.8, 4) is 5.75 Å². The van der Waals surface area contributed by atoms with Crippen LogP contribution in [-0.4, -0.2) is 41.2 Å². The fourth-order valence-corrected chi connectivity index (χ4v) is 2.74. The summed E-state index contributed by atoms with van der Waals surface area (Å²) < 4.78 is 5.11. The van der Waals surface area contributed by atoms with Gasteiger partial charge in [0.15, 0.2) is 11.5 Å². The molecule has 3 rings (SSSR count). The number of carbonyl (C=O) groups is 1. The zero-order chi connectivity index (χ0) is 16.2. The molecular weight excluding hydrogens is 316 g/mol. The number of benzene rings is 1. The summed E-state index contributed by atoms with van der Waals surface area (Å²) in [6, 6.07) is 8.75. The van der Waals surface area contributed by atoms with Crippen LogP contribution in [0.3, 0.4) is 0 Å². The lowest BCUT2D eigenvalue weighted by Gasteiger charge is -2.14. The molecule has 1 fully saturated rings. The highest BCUT2D eigenvalue weighted by atomic mass is 35.5. The Balaban J connectivity index is 1.69. The van der Waals surface area contributed by atoms with Crippen molar-refractivity contribution in [3.05, 3.63) is 41.0 Å². The topological polar surface area (TPSA) is 67.3 Å². The minimum atomic E-state index is -0.0611. The van der Waals surface area contributed by atoms with Crippen LogP contribution < -0.4 is 10.1 Å². The number of nitrogens with one attached hydrogen (secondary N) is 1. The van der Waals surface area contributed by atoms with Crippen LogP contribution in [-0.2, 0) is 0 Å². The second-order valence-electron chi connectivity index (χ2n) is 5.28. The van der Waals surface area contributed by atoms with E-state index in [2.05, 4.69) is 15.5 Å². The molecule has 1 aliphatic heterocycles. The fourth-order valence-electron chi connectivity index (χ4n) is 2.49. The van der Waals surface area contributed by atoms with Crippen LogP contribution in [0.2, 0.25) is 5.02 Å². The van der Waals surface area contributed by atoms with E-state index in [1.165, 1.54) is 0 Å². The average Bonchev–Trinajstić information content (AvgIpc) is 3.09. The molecular formula is C16H17ClN4O2. The van der Waals surface area contributed by atoms with Crippen LogP contribution in [0.4, 0.5) is 11.5 Å². The molecule has 0 bridgehead atoms. The predicted molar refractivity (Wildman–Crippen MR) is 88.5 cm³/mol. The lowest BCUT2D eigenvalue weighted by Crippen LogP contribution is -2.28. The number of aromatic nitrogens is 2. The van der Waals surface area contributed by atoms with E-state index >= 15 is 0 Å². The van der Waals surface area contributed by atoms with Gasteiger partial charge >= 0.3 is 0 Å². The summed E-state index contributed by atoms with van der Waals surface area (Å²) in [7, 11) is 1.57. The maximum Gasteiger partial charge on any atom is 0.274 e. The Morgan fingerprint density at radius 2 is 2.00 bits per heavy atom. The lowest BCUT2D eigenvalue weighted by molar-refractivity contribution is 0.0786. The molecule has 120 valence electrons. The van der Waals surface area contributed by atoms with E-state index in [9.17, 15) is 4.79 Å². The van der Waals surface area contributed by atoms with E-state index in [4.69, 9.17) is 16.3 Å². The zero-order valence-electron chi connectivity index (χ0n) is 12.8. The summed E-state index contributed by atoms with van der Waals surface area (Å²) in [4.78, 5) is 14.0. The van der Waals surface area contributed by atoms with Crippen LogP contribution in [0.5, 0.6) is 5.75 Å². The first kappa shape index (κ1) is 15.6. The van der Waals surface area contributed by atoms with Crippen LogP contribution in [0.15, 0.2) is 30.3 Å². The standard InChI is InChI=1S/C16H17ClN4O2/c1-23-14-6-4-11(10-12(14)17)18-15-7-5-13(19-20-15)16(22)21-8-2-3-9-21/h4-7,10H,2-3,8-9H2,1H3,(H,18,20). The van der Waals surface area contributed by atoms with Gasteiger partial charge in [-0.1, -0.05) is 11.6 Å². The van der Waals surface area contributed by atoms with Gasteiger partial charge in [0.1, 0.15) is 5.75 Å². The minimum absolute atomic E-state index is 0.0611. The third kappa shape index (κ3) is 3.53. The Bertz CT molecular complexity index is 700. The Morgan fingerprint density at radius 1 is 1.22 bits per heavy atom. The van der Waals surface area contributed by atoms with Crippen molar-refractivity contribution in [2.24, 2.45) is 0 Å². The fraction of sp³-hybridized carbons (Fsp3) is 0.312. The maximum absolute atomic E-state index is 12.2. The number of amides is 1. The highest BCUT2D eigenvalue weighted by molar-refractivity contribution is 6.32. The second-order valence-corrected chi connectivity index (χ2v) is 5.68. The molecule has 0 unspecified atom stereocenters. The largest absolute Gasteiger partial charge is 0.495 e. The molecule has 1 aromatic carbocycles. The minimum Gasteiger partial charge on any atom is -0.495 e. The van der Waals surface area contributed by atoms with Crippen molar-refractivity contribution in [1.82, 2.24) is 15.1 Å². The number of anilines is 2. The zero-order valence-corrected chi connectivity index (χ0v) is 13.5. The maximum atomic E-state index is 12.2. The molecule has 0 saturated carbocycles. The summed E-state index contributed by atoms with van der Waals surface area (Å²) in [5, 5.41) is 11.7. The molecule has 2 heterocycles. The number of nitrogens with zero attached hydrogens (tertiary/aromatic N) is 3. The monoisotopic (exact) mass is 332 g/mol. The van der Waals surface area contributed by atoms with Crippen molar-refractivity contribution >= 4 is 29.0 Å². The molecule has 1 aliphatic rings. The van der Waals surface area contributed by atoms with Crippen molar-refractivity contribution in [1.29, 1.82) is 0 Å². The normalized spacial score (nSPS) is 13.9. The molecule has 0 radical (unpaired) electrons. The third-order valence-corrected chi connectivity index (χ3v) is 4.00. The SMILES string of the molecule is COc1ccc(Nc2ccc(C(=O)N3CCCC3)nn2)cc1Cl. The van der Waals surface area contributed by atoms with Gasteiger partial charge in [-0.3, -0.25) is 4.79 Å². The number of likely N-dealkylation sites (tertiary alicyclic amines) is 1. The second kappa shape index (κ2) is 6.83. The summed E-state index contributed by atoms with van der Waals surface area (Å²) in [5.41, 5.74) is 1.13. The van der Waals surface area contributed by atoms with E-state index in [0.717, 1.165) is 31.6 Å². The van der Waals surface area contributed by atoms with Gasteiger partial charge in [0.25, 0.3) is 5.91 Å². The number of rotatable bonds is 4. The van der Waals surface area contributed by atoms with E-state index < -0.39 is 0 Å². The molecule has 6 nitrogen and oxygen atoms in total. The molecule has 0 aliphatic carbocycles. The Kier molecular flexibility index (Phi) is 4.62. The Morgan fingerprint density at radius 3 is 2.61 bits per heavy atom. The van der Waals surface area contributed by atoms with Crippen LogP contribution >= 0.6 is 11.6 Å². The smallest absolute Gasteiger partial charge is 0.274 e. The summed E-state index contributed by atoms with van der Waals surface area (Å²) >= 11 is 6.08. The molecule has 1 aromatic heterocycles. The first-order valence-electron chi connectivity index (χ1n) is 7.41. The van der Waals surface area contributed by atoms with Crippen molar-refractivity contribution in [2.75, 3.05) is 25.5 Å². The molecule has 2 aromatic rings. The highest BCUT2D eigenvalue weighted by Crippen LogP contribution is 2.28. The van der Waals surface area contributed by atoms with Gasteiger partial charge in [-0.2, -0.15) is 0 Å². The van der Waals surface area contributed by atoms with Crippen LogP contribution in [0.25, 0.3) is 0 Å². The summed E-state index contributed by atoms with van der Waals surface area (Å²) in [6.07, 6.45) is 2.11. The third-order valence-electron chi connectivity index (χ3n) is 3.70. The predicted octanol–water partition coefficient (Wildman–Crippen LogP) is 3.12. The number of ether oxygens (including phenoxy) is 1. The van der Waals surface area contributed by atoms with E-state index in [1.54, 1.807) is 36.3 Å². The van der Waals surface area contributed by atoms with Crippen molar-refractivity contribution in [3.63, 3.8) is 0 Å². The van der Waals surface area contributed by atoms with Gasteiger partial charge in [0.05, 0.1) is 12.1 Å². The molecule has 1 N–H and O–H groups in total. The highest BCUT2D eigenvalue weighted by Gasteiger charge is 2.20. The molecule has 1 amide bonds. The number of carbonyl (C=O) groups excluding carboxylic acids is 1. The van der Waals surface area contributed by atoms with Crippen LogP contribution in [0.1, 0.15) is 23.3 Å². The van der Waals surface area contributed by atoms with Gasteiger partial charge in [-0.25, -0.2) is 0 Å². The number of methoxy groups -OCH3 is 1. The average molecular weight is 333 g/mol. The Labute approximate surface area is 139 Å². The summed E-state index contributed by atoms with van der Waals surface area (Å²) in [5.74, 6) is 1.09. The molecule has 23 heavy (non-hydrogen) atoms.